The van der Waals surface area contributed by atoms with E-state index in [2.05, 4.69) is 15.0 Å². The summed E-state index contributed by atoms with van der Waals surface area (Å²) in [6.07, 6.45) is 0.180. The average molecular weight is 385 g/mol. The summed E-state index contributed by atoms with van der Waals surface area (Å²) in [5, 5.41) is 2.69. The molecule has 2 aromatic carbocycles. The number of sulfonamides is 1. The van der Waals surface area contributed by atoms with Crippen LogP contribution in [0, 0.1) is 0 Å². The van der Waals surface area contributed by atoms with Gasteiger partial charge in [-0.2, -0.15) is 0 Å². The maximum atomic E-state index is 12.7. The van der Waals surface area contributed by atoms with Crippen LogP contribution < -0.4 is 10.0 Å². The molecule has 140 valence electrons. The third-order valence-corrected chi connectivity index (χ3v) is 5.67. The highest BCUT2D eigenvalue weighted by atomic mass is 32.2. The van der Waals surface area contributed by atoms with Crippen LogP contribution in [0.5, 0.6) is 0 Å². The molecule has 0 unspecified atom stereocenters. The summed E-state index contributed by atoms with van der Waals surface area (Å²) in [6, 6.07) is 9.56. The lowest BCUT2D eigenvalue weighted by Crippen LogP contribution is -2.13. The fourth-order valence-electron chi connectivity index (χ4n) is 2.90. The highest BCUT2D eigenvalue weighted by Gasteiger charge is 2.23. The zero-order chi connectivity index (χ0) is 19.4. The van der Waals surface area contributed by atoms with Crippen LogP contribution in [0.4, 0.5) is 11.4 Å². The molecular formula is C19H19N3O4S. The minimum atomic E-state index is -3.79. The van der Waals surface area contributed by atoms with E-state index in [4.69, 9.17) is 4.42 Å². The maximum absolute atomic E-state index is 12.7. The van der Waals surface area contributed by atoms with E-state index in [1.807, 2.05) is 20.8 Å². The van der Waals surface area contributed by atoms with Crippen LogP contribution >= 0.6 is 0 Å². The Labute approximate surface area is 156 Å². The van der Waals surface area contributed by atoms with Crippen LogP contribution in [0.1, 0.15) is 32.2 Å². The number of fused-ring (bicyclic) bond motifs is 2. The fraction of sp³-hybridized carbons (Fsp3) is 0.263. The molecule has 2 heterocycles. The fourth-order valence-corrected chi connectivity index (χ4v) is 4.00. The standard InChI is InChI=1S/C19H19N3O4S/c1-19(2,3)18-21-15-10-12(4-7-16(15)26-18)22-27(24,25)13-5-6-14-11(8-13)9-17(23)20-14/h4-8,10,22H,9H2,1-3H3,(H,20,23). The summed E-state index contributed by atoms with van der Waals surface area (Å²) >= 11 is 0. The average Bonchev–Trinajstić information content (AvgIpc) is 3.15. The van der Waals surface area contributed by atoms with Gasteiger partial charge in [0.1, 0.15) is 5.52 Å². The lowest BCUT2D eigenvalue weighted by Gasteiger charge is -2.11. The predicted octanol–water partition coefficient (Wildman–Crippen LogP) is 3.42. The number of hydrogen-bond donors (Lipinski definition) is 2. The molecule has 1 amide bonds. The zero-order valence-corrected chi connectivity index (χ0v) is 16.0. The number of oxazole rings is 1. The first kappa shape index (κ1) is 17.5. The minimum absolute atomic E-state index is 0.105. The second-order valence-corrected chi connectivity index (χ2v) is 9.28. The van der Waals surface area contributed by atoms with Crippen molar-refractivity contribution in [1.29, 1.82) is 0 Å². The van der Waals surface area contributed by atoms with Crippen molar-refractivity contribution < 1.29 is 17.6 Å². The van der Waals surface area contributed by atoms with Crippen molar-refractivity contribution in [3.63, 3.8) is 0 Å². The smallest absolute Gasteiger partial charge is 0.261 e. The molecule has 1 aliphatic heterocycles. The quantitative estimate of drug-likeness (QED) is 0.719. The van der Waals surface area contributed by atoms with Crippen LogP contribution in [-0.2, 0) is 26.7 Å². The number of carbonyl (C=O) groups excluding carboxylic acids is 1. The SMILES string of the molecule is CC(C)(C)c1nc2cc(NS(=O)(=O)c3ccc4c(c3)CC(=O)N4)ccc2o1. The van der Waals surface area contributed by atoms with E-state index in [1.54, 1.807) is 24.3 Å². The van der Waals surface area contributed by atoms with E-state index in [0.717, 1.165) is 0 Å². The Morgan fingerprint density at radius 2 is 1.93 bits per heavy atom. The number of benzene rings is 2. The maximum Gasteiger partial charge on any atom is 0.261 e. The predicted molar refractivity (Wildman–Crippen MR) is 102 cm³/mol. The molecule has 8 heteroatoms. The Bertz CT molecular complexity index is 1170. The molecule has 0 bridgehead atoms. The Morgan fingerprint density at radius 1 is 1.15 bits per heavy atom. The molecule has 7 nitrogen and oxygen atoms in total. The summed E-state index contributed by atoms with van der Waals surface area (Å²) in [6.45, 7) is 5.98. The Kier molecular flexibility index (Phi) is 3.78. The van der Waals surface area contributed by atoms with Crippen LogP contribution in [0.25, 0.3) is 11.1 Å². The largest absolute Gasteiger partial charge is 0.440 e. The summed E-state index contributed by atoms with van der Waals surface area (Å²) in [4.78, 5) is 16.0. The topological polar surface area (TPSA) is 101 Å². The lowest BCUT2D eigenvalue weighted by atomic mass is 9.97. The van der Waals surface area contributed by atoms with E-state index >= 15 is 0 Å². The van der Waals surface area contributed by atoms with Gasteiger partial charge in [-0.3, -0.25) is 9.52 Å². The Balaban J connectivity index is 1.65. The monoisotopic (exact) mass is 385 g/mol. The Hall–Kier alpha value is -2.87. The van der Waals surface area contributed by atoms with Gasteiger partial charge in [-0.25, -0.2) is 13.4 Å². The lowest BCUT2D eigenvalue weighted by molar-refractivity contribution is -0.115. The second kappa shape index (κ2) is 5.82. The van der Waals surface area contributed by atoms with Gasteiger partial charge < -0.3 is 9.73 Å². The number of carbonyl (C=O) groups is 1. The van der Waals surface area contributed by atoms with Crippen LogP contribution in [0.15, 0.2) is 45.7 Å². The van der Waals surface area contributed by atoms with Gasteiger partial charge in [-0.05, 0) is 42.0 Å². The molecule has 0 radical (unpaired) electrons. The van der Waals surface area contributed by atoms with Crippen molar-refractivity contribution in [2.75, 3.05) is 10.0 Å². The molecule has 0 atom stereocenters. The van der Waals surface area contributed by atoms with Gasteiger partial charge in [0.25, 0.3) is 10.0 Å². The molecule has 0 fully saturated rings. The van der Waals surface area contributed by atoms with Gasteiger partial charge in [0.2, 0.25) is 11.8 Å². The van der Waals surface area contributed by atoms with E-state index < -0.39 is 10.0 Å². The highest BCUT2D eigenvalue weighted by Crippen LogP contribution is 2.29. The molecule has 0 aliphatic carbocycles. The first-order valence-corrected chi connectivity index (χ1v) is 9.97. The van der Waals surface area contributed by atoms with Crippen LogP contribution in [-0.4, -0.2) is 19.3 Å². The Morgan fingerprint density at radius 3 is 2.67 bits per heavy atom. The summed E-state index contributed by atoms with van der Waals surface area (Å²) in [7, 11) is -3.79. The molecule has 1 aliphatic rings. The number of nitrogens with one attached hydrogen (secondary N) is 2. The normalized spacial score (nSPS) is 14.3. The number of rotatable bonds is 3. The van der Waals surface area contributed by atoms with Gasteiger partial charge in [-0.1, -0.05) is 20.8 Å². The second-order valence-electron chi connectivity index (χ2n) is 7.60. The third-order valence-electron chi connectivity index (χ3n) is 4.29. The van der Waals surface area contributed by atoms with E-state index in [9.17, 15) is 13.2 Å². The molecule has 0 spiro atoms. The molecule has 1 aromatic heterocycles. The van der Waals surface area contributed by atoms with E-state index in [1.165, 1.54) is 12.1 Å². The molecule has 0 saturated carbocycles. The van der Waals surface area contributed by atoms with Crippen LogP contribution in [0.3, 0.4) is 0 Å². The molecular weight excluding hydrogens is 366 g/mol. The number of hydrogen-bond acceptors (Lipinski definition) is 5. The first-order chi connectivity index (χ1) is 12.6. The summed E-state index contributed by atoms with van der Waals surface area (Å²) < 4.78 is 33.7. The third kappa shape index (κ3) is 3.28. The molecule has 3 aromatic rings. The van der Waals surface area contributed by atoms with Gasteiger partial charge >= 0.3 is 0 Å². The van der Waals surface area contributed by atoms with E-state index in [-0.39, 0.29) is 22.6 Å². The first-order valence-electron chi connectivity index (χ1n) is 8.48. The van der Waals surface area contributed by atoms with Gasteiger partial charge in [0.05, 0.1) is 17.0 Å². The van der Waals surface area contributed by atoms with Crippen molar-refractivity contribution in [2.45, 2.75) is 37.5 Å². The van der Waals surface area contributed by atoms with Crippen molar-refractivity contribution in [3.8, 4) is 0 Å². The van der Waals surface area contributed by atoms with Crippen molar-refractivity contribution in [3.05, 3.63) is 47.9 Å². The highest BCUT2D eigenvalue weighted by molar-refractivity contribution is 7.92. The minimum Gasteiger partial charge on any atom is -0.440 e. The molecule has 0 saturated heterocycles. The molecule has 27 heavy (non-hydrogen) atoms. The number of anilines is 2. The van der Waals surface area contributed by atoms with Crippen molar-refractivity contribution in [1.82, 2.24) is 4.98 Å². The summed E-state index contributed by atoms with van der Waals surface area (Å²) in [5.41, 5.74) is 2.66. The number of nitrogens with zero attached hydrogens (tertiary/aromatic N) is 1. The van der Waals surface area contributed by atoms with Crippen molar-refractivity contribution >= 4 is 38.4 Å². The van der Waals surface area contributed by atoms with Crippen LogP contribution in [0.2, 0.25) is 0 Å². The molecule has 4 rings (SSSR count). The van der Waals surface area contributed by atoms with Gasteiger partial charge in [-0.15, -0.1) is 0 Å². The zero-order valence-electron chi connectivity index (χ0n) is 15.2. The number of aromatic nitrogens is 1. The molecule has 2 N–H and O–H groups in total. The van der Waals surface area contributed by atoms with E-state index in [0.29, 0.717) is 33.9 Å². The number of amides is 1. The van der Waals surface area contributed by atoms with Crippen molar-refractivity contribution in [2.24, 2.45) is 0 Å². The van der Waals surface area contributed by atoms with Gasteiger partial charge in [0.15, 0.2) is 5.58 Å². The summed E-state index contributed by atoms with van der Waals surface area (Å²) in [5.74, 6) is 0.451. The van der Waals surface area contributed by atoms with Gasteiger partial charge in [0, 0.05) is 11.1 Å².